The topological polar surface area (TPSA) is 41.1 Å². The molecule has 1 aromatic rings. The number of halogens is 2. The Morgan fingerprint density at radius 1 is 1.53 bits per heavy atom. The van der Waals surface area contributed by atoms with Gasteiger partial charge in [0.25, 0.3) is 0 Å². The van der Waals surface area contributed by atoms with E-state index in [2.05, 4.69) is 10.6 Å². The van der Waals surface area contributed by atoms with E-state index in [4.69, 9.17) is 11.6 Å². The summed E-state index contributed by atoms with van der Waals surface area (Å²) in [5.74, 6) is 0. The van der Waals surface area contributed by atoms with Gasteiger partial charge >= 0.3 is 6.03 Å². The van der Waals surface area contributed by atoms with Crippen LogP contribution in [0.15, 0.2) is 18.2 Å². The fourth-order valence-corrected chi connectivity index (χ4v) is 2.30. The molecule has 1 aromatic carbocycles. The summed E-state index contributed by atoms with van der Waals surface area (Å²) in [6.45, 7) is -0.504. The largest absolute Gasteiger partial charge is 0.336 e. The summed E-state index contributed by atoms with van der Waals surface area (Å²) < 4.78 is 11.9. The van der Waals surface area contributed by atoms with E-state index in [1.54, 1.807) is 0 Å². The molecule has 0 bridgehead atoms. The highest BCUT2D eigenvalue weighted by atomic mass is 35.5. The van der Waals surface area contributed by atoms with Gasteiger partial charge in [-0.05, 0) is 36.1 Å². The standard InChI is InChI=1S/C12H14ClFN2O/c13-9-2-3-10-8(7-9)1-4-11(10)16-12(17)15-6-5-14/h2-3,7,11H,1,4-6H2,(H2,15,16,17). The minimum Gasteiger partial charge on any atom is -0.336 e. The number of carbonyl (C=O) groups is 1. The summed E-state index contributed by atoms with van der Waals surface area (Å²) in [6.07, 6.45) is 1.77. The maximum Gasteiger partial charge on any atom is 0.315 e. The van der Waals surface area contributed by atoms with Crippen LogP contribution in [0.1, 0.15) is 23.6 Å². The van der Waals surface area contributed by atoms with Crippen LogP contribution in [0.2, 0.25) is 5.02 Å². The van der Waals surface area contributed by atoms with Crippen LogP contribution in [-0.4, -0.2) is 19.3 Å². The maximum atomic E-state index is 11.9. The third-order valence-electron chi connectivity index (χ3n) is 2.87. The van der Waals surface area contributed by atoms with Crippen molar-refractivity contribution in [3.63, 3.8) is 0 Å². The van der Waals surface area contributed by atoms with Gasteiger partial charge in [-0.1, -0.05) is 17.7 Å². The van der Waals surface area contributed by atoms with Crippen molar-refractivity contribution in [3.8, 4) is 0 Å². The number of rotatable bonds is 3. The summed E-state index contributed by atoms with van der Waals surface area (Å²) in [6, 6.07) is 5.36. The van der Waals surface area contributed by atoms with Crippen molar-refractivity contribution in [1.82, 2.24) is 10.6 Å². The van der Waals surface area contributed by atoms with Crippen molar-refractivity contribution in [2.45, 2.75) is 18.9 Å². The van der Waals surface area contributed by atoms with E-state index >= 15 is 0 Å². The zero-order valence-electron chi connectivity index (χ0n) is 9.30. The first-order chi connectivity index (χ1) is 8.20. The number of aryl methyl sites for hydroxylation is 1. The Balaban J connectivity index is 2.00. The lowest BCUT2D eigenvalue weighted by Crippen LogP contribution is -2.38. The van der Waals surface area contributed by atoms with Gasteiger partial charge in [-0.25, -0.2) is 9.18 Å². The Labute approximate surface area is 104 Å². The Hall–Kier alpha value is -1.29. The number of benzene rings is 1. The van der Waals surface area contributed by atoms with Crippen molar-refractivity contribution in [3.05, 3.63) is 34.3 Å². The second-order valence-electron chi connectivity index (χ2n) is 4.02. The predicted octanol–water partition coefficient (Wildman–Crippen LogP) is 2.60. The average Bonchev–Trinajstić information content (AvgIpc) is 2.69. The molecule has 3 nitrogen and oxygen atoms in total. The van der Waals surface area contributed by atoms with Crippen molar-refractivity contribution in [2.24, 2.45) is 0 Å². The lowest BCUT2D eigenvalue weighted by molar-refractivity contribution is 0.236. The van der Waals surface area contributed by atoms with E-state index in [1.165, 1.54) is 5.56 Å². The van der Waals surface area contributed by atoms with Crippen LogP contribution in [0, 0.1) is 0 Å². The molecule has 0 aromatic heterocycles. The molecule has 1 atom stereocenters. The molecule has 0 aliphatic heterocycles. The zero-order valence-corrected chi connectivity index (χ0v) is 10.1. The van der Waals surface area contributed by atoms with Gasteiger partial charge in [0.1, 0.15) is 6.67 Å². The number of carbonyl (C=O) groups excluding carboxylic acids is 1. The van der Waals surface area contributed by atoms with Crippen LogP contribution in [0.25, 0.3) is 0 Å². The average molecular weight is 257 g/mol. The van der Waals surface area contributed by atoms with Gasteiger partial charge in [0.2, 0.25) is 0 Å². The Bertz CT molecular complexity index is 425. The third kappa shape index (κ3) is 2.88. The van der Waals surface area contributed by atoms with E-state index < -0.39 is 6.67 Å². The molecular weight excluding hydrogens is 243 g/mol. The molecule has 92 valence electrons. The van der Waals surface area contributed by atoms with Gasteiger partial charge in [-0.15, -0.1) is 0 Å². The van der Waals surface area contributed by atoms with Gasteiger partial charge in [0, 0.05) is 11.6 Å². The first kappa shape index (κ1) is 12.2. The molecule has 5 heteroatoms. The number of alkyl halides is 1. The molecule has 17 heavy (non-hydrogen) atoms. The number of hydrogen-bond donors (Lipinski definition) is 2. The monoisotopic (exact) mass is 256 g/mol. The second-order valence-corrected chi connectivity index (χ2v) is 4.46. The number of nitrogens with one attached hydrogen (secondary N) is 2. The van der Waals surface area contributed by atoms with Crippen molar-refractivity contribution in [2.75, 3.05) is 13.2 Å². The number of amides is 2. The molecule has 0 radical (unpaired) electrons. The van der Waals surface area contributed by atoms with Crippen LogP contribution >= 0.6 is 11.6 Å². The first-order valence-electron chi connectivity index (χ1n) is 5.59. The van der Waals surface area contributed by atoms with Gasteiger partial charge in [0.15, 0.2) is 0 Å². The second kappa shape index (κ2) is 5.36. The number of hydrogen-bond acceptors (Lipinski definition) is 1. The van der Waals surface area contributed by atoms with Gasteiger partial charge < -0.3 is 10.6 Å². The molecule has 2 rings (SSSR count). The smallest absolute Gasteiger partial charge is 0.315 e. The Kier molecular flexibility index (Phi) is 3.84. The number of fused-ring (bicyclic) bond motifs is 1. The lowest BCUT2D eigenvalue weighted by Gasteiger charge is -2.14. The molecule has 0 fully saturated rings. The minimum atomic E-state index is -0.551. The van der Waals surface area contributed by atoms with E-state index in [0.29, 0.717) is 5.02 Å². The summed E-state index contributed by atoms with van der Waals surface area (Å²) in [4.78, 5) is 11.4. The Morgan fingerprint density at radius 3 is 3.12 bits per heavy atom. The van der Waals surface area contributed by atoms with Gasteiger partial charge in [0.05, 0.1) is 6.04 Å². The molecule has 2 amide bonds. The SMILES string of the molecule is O=C(NCCF)NC1CCc2cc(Cl)ccc21. The fourth-order valence-electron chi connectivity index (χ4n) is 2.11. The molecule has 0 saturated heterocycles. The van der Waals surface area contributed by atoms with Crippen molar-refractivity contribution < 1.29 is 9.18 Å². The predicted molar refractivity (Wildman–Crippen MR) is 65.0 cm³/mol. The highest BCUT2D eigenvalue weighted by Gasteiger charge is 2.23. The van der Waals surface area contributed by atoms with Crippen LogP contribution < -0.4 is 10.6 Å². The molecule has 1 aliphatic carbocycles. The molecule has 1 unspecified atom stereocenters. The summed E-state index contributed by atoms with van der Waals surface area (Å²) >= 11 is 5.90. The van der Waals surface area contributed by atoms with Gasteiger partial charge in [-0.2, -0.15) is 0 Å². The molecule has 0 spiro atoms. The first-order valence-corrected chi connectivity index (χ1v) is 5.97. The molecule has 1 aliphatic rings. The van der Waals surface area contributed by atoms with Crippen LogP contribution in [0.5, 0.6) is 0 Å². The number of urea groups is 1. The minimum absolute atomic E-state index is 0.00174. The van der Waals surface area contributed by atoms with E-state index in [-0.39, 0.29) is 18.6 Å². The van der Waals surface area contributed by atoms with E-state index in [0.717, 1.165) is 18.4 Å². The van der Waals surface area contributed by atoms with E-state index in [1.807, 2.05) is 18.2 Å². The van der Waals surface area contributed by atoms with Crippen LogP contribution in [-0.2, 0) is 6.42 Å². The lowest BCUT2D eigenvalue weighted by atomic mass is 10.1. The van der Waals surface area contributed by atoms with Crippen LogP contribution in [0.3, 0.4) is 0 Å². The maximum absolute atomic E-state index is 11.9. The summed E-state index contributed by atoms with van der Waals surface area (Å²) in [5.41, 5.74) is 2.28. The quantitative estimate of drug-likeness (QED) is 0.858. The fraction of sp³-hybridized carbons (Fsp3) is 0.417. The summed E-state index contributed by atoms with van der Waals surface area (Å²) in [7, 11) is 0. The highest BCUT2D eigenvalue weighted by Crippen LogP contribution is 2.32. The molecule has 2 N–H and O–H groups in total. The molecule has 0 saturated carbocycles. The van der Waals surface area contributed by atoms with Gasteiger partial charge in [-0.3, -0.25) is 0 Å². The van der Waals surface area contributed by atoms with Crippen LogP contribution in [0.4, 0.5) is 9.18 Å². The molecule has 0 heterocycles. The third-order valence-corrected chi connectivity index (χ3v) is 3.10. The van der Waals surface area contributed by atoms with E-state index in [9.17, 15) is 9.18 Å². The summed E-state index contributed by atoms with van der Waals surface area (Å²) in [5, 5.41) is 5.99. The van der Waals surface area contributed by atoms with Crippen molar-refractivity contribution >= 4 is 17.6 Å². The Morgan fingerprint density at radius 2 is 2.35 bits per heavy atom. The van der Waals surface area contributed by atoms with Crippen molar-refractivity contribution in [1.29, 1.82) is 0 Å². The zero-order chi connectivity index (χ0) is 12.3. The normalized spacial score (nSPS) is 17.6. The molecular formula is C12H14ClFN2O. The highest BCUT2D eigenvalue weighted by molar-refractivity contribution is 6.30.